The summed E-state index contributed by atoms with van der Waals surface area (Å²) in [7, 11) is 0. The Morgan fingerprint density at radius 3 is 2.69 bits per heavy atom. The summed E-state index contributed by atoms with van der Waals surface area (Å²) in [5.74, 6) is -0.286. The van der Waals surface area contributed by atoms with Gasteiger partial charge in [-0.1, -0.05) is 19.9 Å². The van der Waals surface area contributed by atoms with E-state index in [0.29, 0.717) is 18.3 Å². The van der Waals surface area contributed by atoms with Gasteiger partial charge in [0.25, 0.3) is 0 Å². The van der Waals surface area contributed by atoms with Crippen LogP contribution in [0.5, 0.6) is 0 Å². The number of hydrogen-bond donors (Lipinski definition) is 2. The summed E-state index contributed by atoms with van der Waals surface area (Å²) in [6.07, 6.45) is 0. The van der Waals surface area contributed by atoms with E-state index in [4.69, 9.17) is 5.73 Å². The van der Waals surface area contributed by atoms with Crippen molar-refractivity contribution < 1.29 is 4.39 Å². The number of nitrogen functional groups attached to an aromatic ring is 1. The number of nitrogens with two attached hydrogens (primary N) is 1. The Balaban J connectivity index is 2.67. The lowest BCUT2D eigenvalue weighted by Crippen LogP contribution is -2.22. The van der Waals surface area contributed by atoms with Gasteiger partial charge in [0.2, 0.25) is 0 Å². The normalized spacial score (nSPS) is 10.8. The highest BCUT2D eigenvalue weighted by atomic mass is 19.1. The van der Waals surface area contributed by atoms with Crippen molar-refractivity contribution in [2.45, 2.75) is 26.4 Å². The third-order valence-corrected chi connectivity index (χ3v) is 1.81. The van der Waals surface area contributed by atoms with Crippen LogP contribution < -0.4 is 11.1 Å². The SMILES string of the molecule is CC(C)NCc1ccc(F)cc1N. The highest BCUT2D eigenvalue weighted by Crippen LogP contribution is 2.12. The van der Waals surface area contributed by atoms with Gasteiger partial charge >= 0.3 is 0 Å². The van der Waals surface area contributed by atoms with Gasteiger partial charge in [0.1, 0.15) is 5.82 Å². The number of hydrogen-bond acceptors (Lipinski definition) is 2. The first-order valence-electron chi connectivity index (χ1n) is 4.37. The molecule has 1 aromatic rings. The molecule has 1 rings (SSSR count). The van der Waals surface area contributed by atoms with E-state index in [9.17, 15) is 4.39 Å². The molecular formula is C10H15FN2. The summed E-state index contributed by atoms with van der Waals surface area (Å²) < 4.78 is 12.6. The van der Waals surface area contributed by atoms with Crippen LogP contribution in [0, 0.1) is 5.82 Å². The van der Waals surface area contributed by atoms with E-state index in [1.807, 2.05) is 0 Å². The van der Waals surface area contributed by atoms with Gasteiger partial charge in [-0.15, -0.1) is 0 Å². The van der Waals surface area contributed by atoms with Crippen molar-refractivity contribution in [3.05, 3.63) is 29.6 Å². The van der Waals surface area contributed by atoms with Crippen molar-refractivity contribution in [1.82, 2.24) is 5.32 Å². The summed E-state index contributed by atoms with van der Waals surface area (Å²) in [5, 5.41) is 3.22. The molecule has 0 aromatic heterocycles. The van der Waals surface area contributed by atoms with E-state index in [2.05, 4.69) is 19.2 Å². The van der Waals surface area contributed by atoms with Crippen LogP contribution in [0.15, 0.2) is 18.2 Å². The van der Waals surface area contributed by atoms with Crippen molar-refractivity contribution in [2.24, 2.45) is 0 Å². The molecule has 1 aromatic carbocycles. The summed E-state index contributed by atoms with van der Waals surface area (Å²) >= 11 is 0. The minimum atomic E-state index is -0.286. The van der Waals surface area contributed by atoms with Gasteiger partial charge in [-0.25, -0.2) is 4.39 Å². The number of benzene rings is 1. The molecule has 0 aliphatic carbocycles. The Morgan fingerprint density at radius 1 is 1.46 bits per heavy atom. The van der Waals surface area contributed by atoms with Crippen molar-refractivity contribution in [1.29, 1.82) is 0 Å². The molecule has 0 bridgehead atoms. The molecule has 72 valence electrons. The van der Waals surface area contributed by atoms with Crippen LogP contribution in [0.3, 0.4) is 0 Å². The molecular weight excluding hydrogens is 167 g/mol. The summed E-state index contributed by atoms with van der Waals surface area (Å²) in [4.78, 5) is 0. The van der Waals surface area contributed by atoms with Gasteiger partial charge in [-0.2, -0.15) is 0 Å². The molecule has 0 unspecified atom stereocenters. The average molecular weight is 182 g/mol. The fourth-order valence-electron chi connectivity index (χ4n) is 1.04. The molecule has 0 heterocycles. The van der Waals surface area contributed by atoms with E-state index < -0.39 is 0 Å². The molecule has 0 radical (unpaired) electrons. The molecule has 0 aliphatic rings. The monoisotopic (exact) mass is 182 g/mol. The zero-order valence-corrected chi connectivity index (χ0v) is 7.97. The van der Waals surface area contributed by atoms with Gasteiger partial charge < -0.3 is 11.1 Å². The number of anilines is 1. The lowest BCUT2D eigenvalue weighted by molar-refractivity contribution is 0.587. The minimum absolute atomic E-state index is 0.286. The third kappa shape index (κ3) is 3.03. The zero-order valence-electron chi connectivity index (χ0n) is 7.97. The van der Waals surface area contributed by atoms with Crippen LogP contribution >= 0.6 is 0 Å². The Kier molecular flexibility index (Phi) is 3.25. The first-order chi connectivity index (χ1) is 6.09. The van der Waals surface area contributed by atoms with E-state index in [-0.39, 0.29) is 5.82 Å². The van der Waals surface area contributed by atoms with Crippen LogP contribution in [0.1, 0.15) is 19.4 Å². The first kappa shape index (κ1) is 9.99. The molecule has 0 aliphatic heterocycles. The Hall–Kier alpha value is -1.09. The first-order valence-corrected chi connectivity index (χ1v) is 4.37. The van der Waals surface area contributed by atoms with Crippen LogP contribution in [-0.4, -0.2) is 6.04 Å². The highest BCUT2D eigenvalue weighted by Gasteiger charge is 2.00. The zero-order chi connectivity index (χ0) is 9.84. The average Bonchev–Trinajstić information content (AvgIpc) is 2.02. The molecule has 3 heteroatoms. The smallest absolute Gasteiger partial charge is 0.125 e. The Labute approximate surface area is 77.9 Å². The van der Waals surface area contributed by atoms with Crippen LogP contribution in [0.25, 0.3) is 0 Å². The second-order valence-corrected chi connectivity index (χ2v) is 3.38. The maximum absolute atomic E-state index is 12.6. The van der Waals surface area contributed by atoms with Crippen molar-refractivity contribution in [2.75, 3.05) is 5.73 Å². The molecule has 2 nitrogen and oxygen atoms in total. The van der Waals surface area contributed by atoms with Crippen molar-refractivity contribution in [3.8, 4) is 0 Å². The van der Waals surface area contributed by atoms with Crippen LogP contribution in [-0.2, 0) is 6.54 Å². The van der Waals surface area contributed by atoms with E-state index >= 15 is 0 Å². The number of halogens is 1. The second kappa shape index (κ2) is 4.23. The molecule has 0 fully saturated rings. The molecule has 0 saturated carbocycles. The van der Waals surface area contributed by atoms with E-state index in [1.54, 1.807) is 6.07 Å². The lowest BCUT2D eigenvalue weighted by Gasteiger charge is -2.09. The summed E-state index contributed by atoms with van der Waals surface area (Å²) in [6, 6.07) is 4.88. The van der Waals surface area contributed by atoms with Gasteiger partial charge in [0.05, 0.1) is 0 Å². The van der Waals surface area contributed by atoms with Crippen molar-refractivity contribution in [3.63, 3.8) is 0 Å². The molecule has 0 amide bonds. The highest BCUT2D eigenvalue weighted by molar-refractivity contribution is 5.46. The topological polar surface area (TPSA) is 38.0 Å². The van der Waals surface area contributed by atoms with E-state index in [0.717, 1.165) is 5.56 Å². The predicted octanol–water partition coefficient (Wildman–Crippen LogP) is 1.91. The minimum Gasteiger partial charge on any atom is -0.398 e. The van der Waals surface area contributed by atoms with Gasteiger partial charge in [-0.3, -0.25) is 0 Å². The largest absolute Gasteiger partial charge is 0.398 e. The predicted molar refractivity (Wildman–Crippen MR) is 52.8 cm³/mol. The van der Waals surface area contributed by atoms with Gasteiger partial charge in [0, 0.05) is 18.3 Å². The summed E-state index contributed by atoms with van der Waals surface area (Å²) in [5.41, 5.74) is 7.08. The van der Waals surface area contributed by atoms with Crippen LogP contribution in [0.2, 0.25) is 0 Å². The quantitative estimate of drug-likeness (QED) is 0.701. The van der Waals surface area contributed by atoms with Crippen LogP contribution in [0.4, 0.5) is 10.1 Å². The second-order valence-electron chi connectivity index (χ2n) is 3.38. The molecule has 13 heavy (non-hydrogen) atoms. The standard InChI is InChI=1S/C10H15FN2/c1-7(2)13-6-8-3-4-9(11)5-10(8)12/h3-5,7,13H,6,12H2,1-2H3. The Morgan fingerprint density at radius 2 is 2.15 bits per heavy atom. The lowest BCUT2D eigenvalue weighted by atomic mass is 10.1. The third-order valence-electron chi connectivity index (χ3n) is 1.81. The fraction of sp³-hybridized carbons (Fsp3) is 0.400. The molecule has 0 spiro atoms. The summed E-state index contributed by atoms with van der Waals surface area (Å²) in [6.45, 7) is 4.79. The van der Waals surface area contributed by atoms with Gasteiger partial charge in [0.15, 0.2) is 0 Å². The number of nitrogens with one attached hydrogen (secondary N) is 1. The number of rotatable bonds is 3. The Bertz CT molecular complexity index is 284. The molecule has 0 atom stereocenters. The molecule has 0 saturated heterocycles. The van der Waals surface area contributed by atoms with Crippen molar-refractivity contribution >= 4 is 5.69 Å². The van der Waals surface area contributed by atoms with E-state index in [1.165, 1.54) is 12.1 Å². The maximum atomic E-state index is 12.6. The fourth-order valence-corrected chi connectivity index (χ4v) is 1.04. The molecule has 3 N–H and O–H groups in total. The maximum Gasteiger partial charge on any atom is 0.125 e. The van der Waals surface area contributed by atoms with Gasteiger partial charge in [-0.05, 0) is 17.7 Å².